The molecule has 3 atom stereocenters. The summed E-state index contributed by atoms with van der Waals surface area (Å²) in [5, 5.41) is 10.3. The molecule has 1 N–H and O–H groups in total. The first-order chi connectivity index (χ1) is 8.70. The van der Waals surface area contributed by atoms with Crippen molar-refractivity contribution in [1.82, 2.24) is 4.90 Å². The smallest absolute Gasteiger partial charge is 0.0695 e. The molecule has 1 aliphatic rings. The Morgan fingerprint density at radius 3 is 2.50 bits per heavy atom. The maximum absolute atomic E-state index is 10.3. The Morgan fingerprint density at radius 2 is 1.78 bits per heavy atom. The van der Waals surface area contributed by atoms with Gasteiger partial charge in [0, 0.05) is 12.1 Å². The van der Waals surface area contributed by atoms with Gasteiger partial charge in [0.05, 0.1) is 6.10 Å². The van der Waals surface area contributed by atoms with Gasteiger partial charge in [0.15, 0.2) is 0 Å². The lowest BCUT2D eigenvalue weighted by Gasteiger charge is -2.35. The van der Waals surface area contributed by atoms with Crippen molar-refractivity contribution < 1.29 is 5.11 Å². The molecule has 2 heteroatoms. The summed E-state index contributed by atoms with van der Waals surface area (Å²) in [5.41, 5.74) is 1.33. The van der Waals surface area contributed by atoms with Gasteiger partial charge >= 0.3 is 0 Å². The van der Waals surface area contributed by atoms with Crippen molar-refractivity contribution in [2.45, 2.75) is 57.2 Å². The van der Waals surface area contributed by atoms with E-state index in [1.165, 1.54) is 24.8 Å². The van der Waals surface area contributed by atoms with Crippen molar-refractivity contribution in [3.63, 3.8) is 0 Å². The van der Waals surface area contributed by atoms with E-state index in [0.717, 1.165) is 12.8 Å². The molecule has 0 radical (unpaired) electrons. The first-order valence-corrected chi connectivity index (χ1v) is 7.15. The van der Waals surface area contributed by atoms with Crippen LogP contribution in [0.1, 0.15) is 50.6 Å². The molecule has 100 valence electrons. The molecule has 0 amide bonds. The second-order valence-corrected chi connectivity index (χ2v) is 5.52. The van der Waals surface area contributed by atoms with E-state index in [4.69, 9.17) is 0 Å². The summed E-state index contributed by atoms with van der Waals surface area (Å²) in [4.78, 5) is 2.35. The third-order valence-electron chi connectivity index (χ3n) is 4.36. The molecular formula is C16H25NO. The zero-order valence-electron chi connectivity index (χ0n) is 11.5. The standard InChI is InChI=1S/C16H25NO/c1-13(14-9-5-3-6-10-14)17(2)15-11-7-4-8-12-16(15)18/h3,5-6,9-10,13,15-16,18H,4,7-8,11-12H2,1-2H3/t13-,15-,16-/m0/s1. The molecule has 0 spiro atoms. The highest BCUT2D eigenvalue weighted by atomic mass is 16.3. The Morgan fingerprint density at radius 1 is 1.11 bits per heavy atom. The molecule has 0 unspecified atom stereocenters. The van der Waals surface area contributed by atoms with Crippen LogP contribution in [-0.4, -0.2) is 29.2 Å². The van der Waals surface area contributed by atoms with Gasteiger partial charge in [-0.1, -0.05) is 49.6 Å². The van der Waals surface area contributed by atoms with Crippen LogP contribution < -0.4 is 0 Å². The van der Waals surface area contributed by atoms with Crippen molar-refractivity contribution >= 4 is 0 Å². The number of rotatable bonds is 3. The number of hydrogen-bond acceptors (Lipinski definition) is 2. The quantitative estimate of drug-likeness (QED) is 0.828. The monoisotopic (exact) mass is 247 g/mol. The first kappa shape index (κ1) is 13.6. The van der Waals surface area contributed by atoms with E-state index in [0.29, 0.717) is 12.1 Å². The molecule has 1 aliphatic carbocycles. The Balaban J connectivity index is 2.07. The van der Waals surface area contributed by atoms with Crippen molar-refractivity contribution in [2.75, 3.05) is 7.05 Å². The number of likely N-dealkylation sites (N-methyl/N-ethyl adjacent to an activating group) is 1. The van der Waals surface area contributed by atoms with Gasteiger partial charge < -0.3 is 5.11 Å². The van der Waals surface area contributed by atoms with Gasteiger partial charge in [-0.05, 0) is 32.4 Å². The van der Waals surface area contributed by atoms with Crippen LogP contribution in [0.2, 0.25) is 0 Å². The molecule has 1 fully saturated rings. The molecule has 0 bridgehead atoms. The maximum Gasteiger partial charge on any atom is 0.0695 e. The summed E-state index contributed by atoms with van der Waals surface area (Å²) in [6, 6.07) is 11.2. The largest absolute Gasteiger partial charge is 0.391 e. The normalized spacial score (nSPS) is 26.9. The van der Waals surface area contributed by atoms with E-state index in [-0.39, 0.29) is 6.10 Å². The average Bonchev–Trinajstić information content (AvgIpc) is 2.63. The number of aliphatic hydroxyl groups excluding tert-OH is 1. The van der Waals surface area contributed by atoms with Crippen LogP contribution in [0.3, 0.4) is 0 Å². The van der Waals surface area contributed by atoms with Crippen LogP contribution in [0.5, 0.6) is 0 Å². The van der Waals surface area contributed by atoms with Gasteiger partial charge in [-0.15, -0.1) is 0 Å². The lowest BCUT2D eigenvalue weighted by Crippen LogP contribution is -2.41. The second-order valence-electron chi connectivity index (χ2n) is 5.52. The molecule has 0 heterocycles. The van der Waals surface area contributed by atoms with Gasteiger partial charge in [-0.2, -0.15) is 0 Å². The Kier molecular flexibility index (Phi) is 4.79. The predicted octanol–water partition coefficient (Wildman–Crippen LogP) is 3.37. The highest BCUT2D eigenvalue weighted by Crippen LogP contribution is 2.28. The summed E-state index contributed by atoms with van der Waals surface area (Å²) in [6.07, 6.45) is 5.59. The van der Waals surface area contributed by atoms with Crippen LogP contribution in [0.15, 0.2) is 30.3 Å². The molecule has 2 rings (SSSR count). The van der Waals surface area contributed by atoms with E-state index in [1.807, 2.05) is 0 Å². The van der Waals surface area contributed by atoms with E-state index in [9.17, 15) is 5.11 Å². The Labute approximate surface area is 111 Å². The minimum atomic E-state index is -0.163. The minimum absolute atomic E-state index is 0.163. The van der Waals surface area contributed by atoms with Crippen LogP contribution in [-0.2, 0) is 0 Å². The fourth-order valence-electron chi connectivity index (χ4n) is 3.00. The van der Waals surface area contributed by atoms with Crippen LogP contribution >= 0.6 is 0 Å². The zero-order valence-corrected chi connectivity index (χ0v) is 11.5. The average molecular weight is 247 g/mol. The van der Waals surface area contributed by atoms with Crippen LogP contribution in [0, 0.1) is 0 Å². The minimum Gasteiger partial charge on any atom is -0.391 e. The molecule has 2 nitrogen and oxygen atoms in total. The van der Waals surface area contributed by atoms with Gasteiger partial charge in [0.25, 0.3) is 0 Å². The van der Waals surface area contributed by atoms with Gasteiger partial charge in [-0.25, -0.2) is 0 Å². The summed E-state index contributed by atoms with van der Waals surface area (Å²) in [6.45, 7) is 2.23. The van der Waals surface area contributed by atoms with E-state index in [2.05, 4.69) is 49.2 Å². The topological polar surface area (TPSA) is 23.5 Å². The second kappa shape index (κ2) is 6.35. The summed E-state index contributed by atoms with van der Waals surface area (Å²) >= 11 is 0. The number of benzene rings is 1. The maximum atomic E-state index is 10.3. The lowest BCUT2D eigenvalue weighted by molar-refractivity contribution is 0.0392. The lowest BCUT2D eigenvalue weighted by atomic mass is 10.00. The zero-order chi connectivity index (χ0) is 13.0. The number of nitrogens with zero attached hydrogens (tertiary/aromatic N) is 1. The van der Waals surface area contributed by atoms with Crippen molar-refractivity contribution in [2.24, 2.45) is 0 Å². The highest BCUT2D eigenvalue weighted by molar-refractivity contribution is 5.18. The molecule has 1 aromatic carbocycles. The molecule has 18 heavy (non-hydrogen) atoms. The van der Waals surface area contributed by atoms with E-state index < -0.39 is 0 Å². The SMILES string of the molecule is C[C@@H](c1ccccc1)N(C)[C@H]1CCCCC[C@@H]1O. The molecule has 0 saturated heterocycles. The Bertz CT molecular complexity index is 351. The molecule has 0 aromatic heterocycles. The van der Waals surface area contributed by atoms with Crippen LogP contribution in [0.4, 0.5) is 0 Å². The van der Waals surface area contributed by atoms with Gasteiger partial charge in [0.2, 0.25) is 0 Å². The predicted molar refractivity (Wildman–Crippen MR) is 75.5 cm³/mol. The summed E-state index contributed by atoms with van der Waals surface area (Å²) in [7, 11) is 2.15. The molecule has 1 aromatic rings. The molecule has 0 aliphatic heterocycles. The van der Waals surface area contributed by atoms with Gasteiger partial charge in [-0.3, -0.25) is 4.90 Å². The highest BCUT2D eigenvalue weighted by Gasteiger charge is 2.28. The Hall–Kier alpha value is -0.860. The number of aliphatic hydroxyl groups is 1. The van der Waals surface area contributed by atoms with Crippen molar-refractivity contribution in [3.8, 4) is 0 Å². The van der Waals surface area contributed by atoms with Gasteiger partial charge in [0.1, 0.15) is 0 Å². The third-order valence-corrected chi connectivity index (χ3v) is 4.36. The van der Waals surface area contributed by atoms with E-state index in [1.54, 1.807) is 0 Å². The molecule has 1 saturated carbocycles. The van der Waals surface area contributed by atoms with Crippen molar-refractivity contribution in [3.05, 3.63) is 35.9 Å². The van der Waals surface area contributed by atoms with E-state index >= 15 is 0 Å². The summed E-state index contributed by atoms with van der Waals surface area (Å²) < 4.78 is 0. The number of hydrogen-bond donors (Lipinski definition) is 1. The molecular weight excluding hydrogens is 222 g/mol. The first-order valence-electron chi connectivity index (χ1n) is 7.15. The fraction of sp³-hybridized carbons (Fsp3) is 0.625. The summed E-state index contributed by atoms with van der Waals surface area (Å²) in [5.74, 6) is 0. The third kappa shape index (κ3) is 3.12. The van der Waals surface area contributed by atoms with Crippen molar-refractivity contribution in [1.29, 1.82) is 0 Å². The fourth-order valence-corrected chi connectivity index (χ4v) is 3.00. The van der Waals surface area contributed by atoms with Crippen LogP contribution in [0.25, 0.3) is 0 Å².